The maximum Gasteiger partial charge on any atom is 0.254 e. The van der Waals surface area contributed by atoms with Crippen LogP contribution in [0.3, 0.4) is 0 Å². The minimum Gasteiger partial charge on any atom is -0.489 e. The molecule has 1 N–H and O–H groups in total. The highest BCUT2D eigenvalue weighted by molar-refractivity contribution is 6.21. The standard InChI is InChI=1S/C19H20ClFN2O2/c20-23(19(24)18-2-1-11-22-18)12-14-5-9-17(10-6-14)25-13-15-3-7-16(21)8-4-15/h3-10,18,22H,1-2,11-13H2/t18-/m0/s1. The molecule has 1 amide bonds. The van der Waals surface area contributed by atoms with Crippen LogP contribution in [0.5, 0.6) is 5.75 Å². The summed E-state index contributed by atoms with van der Waals surface area (Å²) in [4.78, 5) is 12.2. The summed E-state index contributed by atoms with van der Waals surface area (Å²) in [5.74, 6) is 0.356. The van der Waals surface area contributed by atoms with Crippen LogP contribution in [-0.4, -0.2) is 22.9 Å². The lowest BCUT2D eigenvalue weighted by atomic mass is 10.2. The Bertz CT molecular complexity index is 700. The summed E-state index contributed by atoms with van der Waals surface area (Å²) < 4.78 is 19.8. The van der Waals surface area contributed by atoms with Crippen molar-refractivity contribution in [3.8, 4) is 5.75 Å². The zero-order valence-corrected chi connectivity index (χ0v) is 14.5. The summed E-state index contributed by atoms with van der Waals surface area (Å²) in [5.41, 5.74) is 1.82. The second kappa shape index (κ2) is 8.32. The minimum atomic E-state index is -0.263. The van der Waals surface area contributed by atoms with Gasteiger partial charge in [-0.15, -0.1) is 0 Å². The van der Waals surface area contributed by atoms with Crippen molar-refractivity contribution < 1.29 is 13.9 Å². The zero-order valence-electron chi connectivity index (χ0n) is 13.8. The van der Waals surface area contributed by atoms with E-state index >= 15 is 0 Å². The Morgan fingerprint density at radius 2 is 1.84 bits per heavy atom. The maximum absolute atomic E-state index is 12.9. The van der Waals surface area contributed by atoms with E-state index in [1.165, 1.54) is 16.6 Å². The Labute approximate surface area is 151 Å². The number of rotatable bonds is 6. The molecule has 25 heavy (non-hydrogen) atoms. The first kappa shape index (κ1) is 17.7. The van der Waals surface area contributed by atoms with Crippen molar-refractivity contribution in [1.82, 2.24) is 9.74 Å². The summed E-state index contributed by atoms with van der Waals surface area (Å²) >= 11 is 6.12. The fourth-order valence-electron chi connectivity index (χ4n) is 2.74. The van der Waals surface area contributed by atoms with Gasteiger partial charge in [-0.25, -0.2) is 8.81 Å². The third kappa shape index (κ3) is 4.94. The Morgan fingerprint density at radius 1 is 1.16 bits per heavy atom. The van der Waals surface area contributed by atoms with Gasteiger partial charge in [0, 0.05) is 11.8 Å². The molecule has 1 aliphatic heterocycles. The highest BCUT2D eigenvalue weighted by Crippen LogP contribution is 2.18. The van der Waals surface area contributed by atoms with Crippen molar-refractivity contribution in [2.24, 2.45) is 0 Å². The number of ether oxygens (including phenoxy) is 1. The van der Waals surface area contributed by atoms with Crippen molar-refractivity contribution in [3.05, 3.63) is 65.5 Å². The predicted octanol–water partition coefficient (Wildman–Crippen LogP) is 3.64. The molecule has 1 atom stereocenters. The van der Waals surface area contributed by atoms with E-state index in [1.54, 1.807) is 12.1 Å². The van der Waals surface area contributed by atoms with E-state index in [1.807, 2.05) is 24.3 Å². The van der Waals surface area contributed by atoms with Crippen LogP contribution in [0, 0.1) is 5.82 Å². The van der Waals surface area contributed by atoms with Crippen LogP contribution in [0.15, 0.2) is 48.5 Å². The van der Waals surface area contributed by atoms with Crippen LogP contribution in [0.4, 0.5) is 4.39 Å². The van der Waals surface area contributed by atoms with Crippen LogP contribution in [0.2, 0.25) is 0 Å². The molecule has 0 saturated carbocycles. The molecule has 132 valence electrons. The maximum atomic E-state index is 12.9. The molecular weight excluding hydrogens is 343 g/mol. The van der Waals surface area contributed by atoms with Crippen LogP contribution < -0.4 is 10.1 Å². The van der Waals surface area contributed by atoms with E-state index < -0.39 is 0 Å². The molecule has 1 fully saturated rings. The van der Waals surface area contributed by atoms with Gasteiger partial charge in [0.2, 0.25) is 0 Å². The lowest BCUT2D eigenvalue weighted by molar-refractivity contribution is -0.128. The van der Waals surface area contributed by atoms with E-state index in [-0.39, 0.29) is 17.8 Å². The third-order valence-corrected chi connectivity index (χ3v) is 4.45. The molecule has 0 radical (unpaired) electrons. The molecule has 1 heterocycles. The van der Waals surface area contributed by atoms with Gasteiger partial charge >= 0.3 is 0 Å². The van der Waals surface area contributed by atoms with Gasteiger partial charge in [0.05, 0.1) is 12.6 Å². The highest BCUT2D eigenvalue weighted by atomic mass is 35.5. The van der Waals surface area contributed by atoms with Crippen molar-refractivity contribution in [2.75, 3.05) is 6.54 Å². The van der Waals surface area contributed by atoms with E-state index in [9.17, 15) is 9.18 Å². The highest BCUT2D eigenvalue weighted by Gasteiger charge is 2.26. The fraction of sp³-hybridized carbons (Fsp3) is 0.316. The first-order valence-corrected chi connectivity index (χ1v) is 8.62. The Balaban J connectivity index is 1.51. The number of halogens is 2. The molecule has 4 nitrogen and oxygen atoms in total. The number of nitrogens with zero attached hydrogens (tertiary/aromatic N) is 1. The molecule has 3 rings (SSSR count). The summed E-state index contributed by atoms with van der Waals surface area (Å²) in [5, 5.41) is 3.15. The van der Waals surface area contributed by atoms with Gasteiger partial charge in [0.25, 0.3) is 5.91 Å². The summed E-state index contributed by atoms with van der Waals surface area (Å²) in [6.45, 7) is 1.57. The van der Waals surface area contributed by atoms with Crippen LogP contribution >= 0.6 is 11.8 Å². The SMILES string of the molecule is O=C([C@@H]1CCCN1)N(Cl)Cc1ccc(OCc2ccc(F)cc2)cc1. The Kier molecular flexibility index (Phi) is 5.89. The molecule has 0 aromatic heterocycles. The predicted molar refractivity (Wildman–Crippen MR) is 94.6 cm³/mol. The number of benzene rings is 2. The van der Waals surface area contributed by atoms with Crippen LogP contribution in [-0.2, 0) is 17.9 Å². The largest absolute Gasteiger partial charge is 0.489 e. The van der Waals surface area contributed by atoms with Gasteiger partial charge < -0.3 is 10.1 Å². The smallest absolute Gasteiger partial charge is 0.254 e. The van der Waals surface area contributed by atoms with E-state index in [4.69, 9.17) is 16.5 Å². The number of amides is 1. The van der Waals surface area contributed by atoms with Crippen LogP contribution in [0.1, 0.15) is 24.0 Å². The van der Waals surface area contributed by atoms with Crippen molar-refractivity contribution in [2.45, 2.75) is 32.0 Å². The van der Waals surface area contributed by atoms with Gasteiger partial charge in [-0.1, -0.05) is 24.3 Å². The topological polar surface area (TPSA) is 41.6 Å². The van der Waals surface area contributed by atoms with E-state index in [2.05, 4.69) is 5.32 Å². The zero-order chi connectivity index (χ0) is 17.6. The number of hydrogen-bond acceptors (Lipinski definition) is 3. The first-order valence-electron chi connectivity index (χ1n) is 8.28. The average Bonchev–Trinajstić information content (AvgIpc) is 3.16. The van der Waals surface area contributed by atoms with Gasteiger partial charge in [0.1, 0.15) is 18.2 Å². The lowest BCUT2D eigenvalue weighted by Gasteiger charge is -2.18. The number of nitrogens with one attached hydrogen (secondary N) is 1. The Morgan fingerprint density at radius 3 is 2.48 bits per heavy atom. The van der Waals surface area contributed by atoms with E-state index in [0.29, 0.717) is 18.9 Å². The van der Waals surface area contributed by atoms with Gasteiger partial charge in [-0.2, -0.15) is 0 Å². The molecule has 1 saturated heterocycles. The molecule has 6 heteroatoms. The van der Waals surface area contributed by atoms with Crippen molar-refractivity contribution in [3.63, 3.8) is 0 Å². The average molecular weight is 363 g/mol. The summed E-state index contributed by atoms with van der Waals surface area (Å²) in [7, 11) is 0. The quantitative estimate of drug-likeness (QED) is 0.798. The number of carbonyl (C=O) groups is 1. The monoisotopic (exact) mass is 362 g/mol. The number of hydrogen-bond donors (Lipinski definition) is 1. The molecular formula is C19H20ClFN2O2. The second-order valence-corrected chi connectivity index (χ2v) is 6.47. The van der Waals surface area contributed by atoms with Crippen LogP contribution in [0.25, 0.3) is 0 Å². The van der Waals surface area contributed by atoms with Gasteiger partial charge in [0.15, 0.2) is 0 Å². The Hall–Kier alpha value is -2.11. The summed E-state index contributed by atoms with van der Waals surface area (Å²) in [6, 6.07) is 13.5. The normalized spacial score (nSPS) is 16.6. The van der Waals surface area contributed by atoms with Crippen molar-refractivity contribution in [1.29, 1.82) is 0 Å². The fourth-order valence-corrected chi connectivity index (χ4v) is 3.00. The number of carbonyl (C=O) groups excluding carboxylic acids is 1. The molecule has 1 aliphatic rings. The molecule has 2 aromatic carbocycles. The molecule has 0 aliphatic carbocycles. The van der Waals surface area contributed by atoms with Gasteiger partial charge in [-0.3, -0.25) is 4.79 Å². The van der Waals surface area contributed by atoms with E-state index in [0.717, 1.165) is 30.5 Å². The second-order valence-electron chi connectivity index (χ2n) is 6.07. The molecule has 2 aromatic rings. The van der Waals surface area contributed by atoms with Crippen molar-refractivity contribution >= 4 is 17.7 Å². The van der Waals surface area contributed by atoms with Gasteiger partial charge in [-0.05, 0) is 54.8 Å². The molecule has 0 spiro atoms. The summed E-state index contributed by atoms with van der Waals surface area (Å²) in [6.07, 6.45) is 1.83. The third-order valence-electron chi connectivity index (χ3n) is 4.16. The minimum absolute atomic E-state index is 0.0872. The lowest BCUT2D eigenvalue weighted by Crippen LogP contribution is -2.38. The molecule has 0 bridgehead atoms. The first-order chi connectivity index (χ1) is 12.1. The molecule has 0 unspecified atom stereocenters.